The van der Waals surface area contributed by atoms with Crippen molar-refractivity contribution in [2.45, 2.75) is 32.4 Å². The molecule has 0 radical (unpaired) electrons. The van der Waals surface area contributed by atoms with E-state index in [4.69, 9.17) is 5.73 Å². The first-order valence-electron chi connectivity index (χ1n) is 7.62. The minimum atomic E-state index is 0. The molecule has 0 saturated carbocycles. The largest absolute Gasteiger partial charge is 0.329 e. The lowest BCUT2D eigenvalue weighted by molar-refractivity contribution is 0.0991. The van der Waals surface area contributed by atoms with Gasteiger partial charge in [-0.05, 0) is 43.0 Å². The molecule has 2 heterocycles. The second-order valence-corrected chi connectivity index (χ2v) is 7.12. The molecule has 122 valence electrons. The highest BCUT2D eigenvalue weighted by atomic mass is 35.5. The number of likely N-dealkylation sites (tertiary alicyclic amines) is 1. The monoisotopic (exact) mass is 341 g/mol. The molecule has 6 heteroatoms. The second-order valence-electron chi connectivity index (χ2n) is 6.12. The van der Waals surface area contributed by atoms with Crippen LogP contribution in [0.25, 0.3) is 10.2 Å². The molecule has 1 aliphatic rings. The van der Waals surface area contributed by atoms with Crippen molar-refractivity contribution in [3.63, 3.8) is 0 Å². The predicted octanol–water partition coefficient (Wildman–Crippen LogP) is 2.58. The molecule has 2 N–H and O–H groups in total. The number of nitrogens with zero attached hydrogens (tertiary/aromatic N) is 2. The number of thiazole rings is 1. The number of aryl methyl sites for hydroxylation is 1. The zero-order chi connectivity index (χ0) is 15.0. The summed E-state index contributed by atoms with van der Waals surface area (Å²) in [5.41, 5.74) is 8.27. The average Bonchev–Trinajstić information content (AvgIpc) is 2.74. The molecule has 3 rings (SSSR count). The van der Waals surface area contributed by atoms with E-state index in [0.717, 1.165) is 29.9 Å². The highest BCUT2D eigenvalue weighted by molar-refractivity contribution is 7.16. The van der Waals surface area contributed by atoms with Crippen LogP contribution in [0.5, 0.6) is 0 Å². The summed E-state index contributed by atoms with van der Waals surface area (Å²) in [5, 5.41) is 0. The van der Waals surface area contributed by atoms with Crippen LogP contribution in [-0.4, -0.2) is 28.6 Å². The molecule has 2 aromatic rings. The highest BCUT2D eigenvalue weighted by Gasteiger charge is 2.27. The zero-order valence-corrected chi connectivity index (χ0v) is 14.8. The molecule has 4 nitrogen and oxygen atoms in total. The fourth-order valence-corrected chi connectivity index (χ4v) is 4.37. The van der Waals surface area contributed by atoms with E-state index in [9.17, 15) is 4.79 Å². The maximum atomic E-state index is 11.7. The van der Waals surface area contributed by atoms with Crippen LogP contribution in [0.15, 0.2) is 23.0 Å². The fraction of sp³-hybridized carbons (Fsp3) is 0.562. The summed E-state index contributed by atoms with van der Waals surface area (Å²) in [6.07, 6.45) is 2.52. The second kappa shape index (κ2) is 7.13. The molecule has 1 fully saturated rings. The van der Waals surface area contributed by atoms with Gasteiger partial charge >= 0.3 is 4.87 Å². The maximum absolute atomic E-state index is 11.7. The van der Waals surface area contributed by atoms with Crippen LogP contribution in [0, 0.1) is 5.92 Å². The SMILES string of the molecule is CC1CCCN(Cc2ccc3c(c2)sc(=O)n3C)C1CN.Cl. The Labute approximate surface area is 141 Å². The molecule has 1 saturated heterocycles. The van der Waals surface area contributed by atoms with Crippen molar-refractivity contribution < 1.29 is 0 Å². The molecule has 1 aromatic heterocycles. The minimum Gasteiger partial charge on any atom is -0.329 e. The number of nitrogens with two attached hydrogens (primary N) is 1. The summed E-state index contributed by atoms with van der Waals surface area (Å²) in [7, 11) is 1.83. The van der Waals surface area contributed by atoms with Crippen molar-refractivity contribution in [3.05, 3.63) is 33.4 Å². The van der Waals surface area contributed by atoms with E-state index < -0.39 is 0 Å². The van der Waals surface area contributed by atoms with Crippen LogP contribution in [0.3, 0.4) is 0 Å². The van der Waals surface area contributed by atoms with Gasteiger partial charge in [0.1, 0.15) is 0 Å². The summed E-state index contributed by atoms with van der Waals surface area (Å²) >= 11 is 1.33. The normalized spacial score (nSPS) is 22.7. The number of halogens is 1. The third-order valence-electron chi connectivity index (χ3n) is 4.71. The molecule has 2 unspecified atom stereocenters. The van der Waals surface area contributed by atoms with Gasteiger partial charge in [-0.3, -0.25) is 9.69 Å². The van der Waals surface area contributed by atoms with Crippen LogP contribution >= 0.6 is 23.7 Å². The van der Waals surface area contributed by atoms with Gasteiger partial charge in [-0.25, -0.2) is 0 Å². The van der Waals surface area contributed by atoms with Gasteiger partial charge in [0.05, 0.1) is 10.2 Å². The Hall–Kier alpha value is -0.880. The minimum absolute atomic E-state index is 0. The summed E-state index contributed by atoms with van der Waals surface area (Å²) in [6, 6.07) is 6.84. The zero-order valence-electron chi connectivity index (χ0n) is 13.1. The van der Waals surface area contributed by atoms with Gasteiger partial charge < -0.3 is 10.3 Å². The number of hydrogen-bond donors (Lipinski definition) is 1. The standard InChI is InChI=1S/C16H23N3OS.ClH/c1-11-4-3-7-19(14(11)9-17)10-12-5-6-13-15(8-12)21-16(20)18(13)2;/h5-6,8,11,14H,3-4,7,9-10,17H2,1-2H3;1H. The number of aromatic nitrogens is 1. The lowest BCUT2D eigenvalue weighted by atomic mass is 9.90. The predicted molar refractivity (Wildman–Crippen MR) is 96.0 cm³/mol. The summed E-state index contributed by atoms with van der Waals surface area (Å²) in [5.74, 6) is 0.667. The lowest BCUT2D eigenvalue weighted by Gasteiger charge is -2.39. The molecule has 0 aliphatic carbocycles. The molecule has 0 bridgehead atoms. The Kier molecular flexibility index (Phi) is 5.66. The van der Waals surface area contributed by atoms with Crippen LogP contribution in [0.2, 0.25) is 0 Å². The van der Waals surface area contributed by atoms with Crippen molar-refractivity contribution in [1.29, 1.82) is 0 Å². The van der Waals surface area contributed by atoms with Gasteiger partial charge in [0.15, 0.2) is 0 Å². The first kappa shape index (κ1) is 17.5. The topological polar surface area (TPSA) is 51.3 Å². The molecule has 1 aromatic carbocycles. The summed E-state index contributed by atoms with van der Waals surface area (Å²) in [4.78, 5) is 14.3. The third kappa shape index (κ3) is 3.23. The van der Waals surface area contributed by atoms with Gasteiger partial charge in [-0.1, -0.05) is 24.3 Å². The van der Waals surface area contributed by atoms with Crippen molar-refractivity contribution in [2.75, 3.05) is 13.1 Å². The van der Waals surface area contributed by atoms with Crippen molar-refractivity contribution in [2.24, 2.45) is 18.7 Å². The molecule has 0 spiro atoms. The van der Waals surface area contributed by atoms with E-state index >= 15 is 0 Å². The van der Waals surface area contributed by atoms with Crippen LogP contribution < -0.4 is 10.6 Å². The van der Waals surface area contributed by atoms with E-state index in [0.29, 0.717) is 12.0 Å². The molecule has 2 atom stereocenters. The lowest BCUT2D eigenvalue weighted by Crippen LogP contribution is -2.47. The number of rotatable bonds is 3. The van der Waals surface area contributed by atoms with Gasteiger partial charge in [-0.2, -0.15) is 0 Å². The van der Waals surface area contributed by atoms with Gasteiger partial charge in [0, 0.05) is 26.2 Å². The number of hydrogen-bond acceptors (Lipinski definition) is 4. The quantitative estimate of drug-likeness (QED) is 0.933. The Morgan fingerprint density at radius 3 is 2.91 bits per heavy atom. The van der Waals surface area contributed by atoms with E-state index in [1.807, 2.05) is 7.05 Å². The van der Waals surface area contributed by atoms with E-state index in [1.54, 1.807) is 4.57 Å². The molecular formula is C16H24ClN3OS. The van der Waals surface area contributed by atoms with Crippen LogP contribution in [0.4, 0.5) is 0 Å². The Balaban J connectivity index is 0.00000176. The first-order chi connectivity index (χ1) is 10.1. The Morgan fingerprint density at radius 1 is 1.41 bits per heavy atom. The number of benzene rings is 1. The van der Waals surface area contributed by atoms with E-state index in [-0.39, 0.29) is 17.3 Å². The number of piperidine rings is 1. The maximum Gasteiger partial charge on any atom is 0.307 e. The molecular weight excluding hydrogens is 318 g/mol. The number of fused-ring (bicyclic) bond motifs is 1. The van der Waals surface area contributed by atoms with Crippen LogP contribution in [-0.2, 0) is 13.6 Å². The van der Waals surface area contributed by atoms with Crippen molar-refractivity contribution >= 4 is 34.0 Å². The molecule has 0 amide bonds. The van der Waals surface area contributed by atoms with Gasteiger partial charge in [-0.15, -0.1) is 12.4 Å². The highest BCUT2D eigenvalue weighted by Crippen LogP contribution is 2.25. The Morgan fingerprint density at radius 2 is 2.18 bits per heavy atom. The first-order valence-corrected chi connectivity index (χ1v) is 8.44. The smallest absolute Gasteiger partial charge is 0.307 e. The molecule has 22 heavy (non-hydrogen) atoms. The van der Waals surface area contributed by atoms with E-state index in [2.05, 4.69) is 30.0 Å². The van der Waals surface area contributed by atoms with Crippen molar-refractivity contribution in [3.8, 4) is 0 Å². The summed E-state index contributed by atoms with van der Waals surface area (Å²) in [6.45, 7) is 5.07. The summed E-state index contributed by atoms with van der Waals surface area (Å²) < 4.78 is 2.80. The third-order valence-corrected chi connectivity index (χ3v) is 5.71. The molecule has 1 aliphatic heterocycles. The van der Waals surface area contributed by atoms with Gasteiger partial charge in [0.25, 0.3) is 0 Å². The fourth-order valence-electron chi connectivity index (χ4n) is 3.42. The van der Waals surface area contributed by atoms with Crippen LogP contribution in [0.1, 0.15) is 25.3 Å². The van der Waals surface area contributed by atoms with E-state index in [1.165, 1.54) is 29.7 Å². The average molecular weight is 342 g/mol. The van der Waals surface area contributed by atoms with Gasteiger partial charge in [0.2, 0.25) is 0 Å². The van der Waals surface area contributed by atoms with Crippen molar-refractivity contribution in [1.82, 2.24) is 9.47 Å². The Bertz CT molecular complexity index is 696.